The van der Waals surface area contributed by atoms with E-state index in [1.165, 1.54) is 5.56 Å². The molecule has 4 heteroatoms. The van der Waals surface area contributed by atoms with Gasteiger partial charge in [-0.25, -0.2) is 0 Å². The topological polar surface area (TPSA) is 39.1 Å². The van der Waals surface area contributed by atoms with Gasteiger partial charge < -0.3 is 10.1 Å². The number of hydrogen-bond donors (Lipinski definition) is 1. The van der Waals surface area contributed by atoms with Crippen LogP contribution in [0, 0.1) is 0 Å². The van der Waals surface area contributed by atoms with Gasteiger partial charge in [-0.05, 0) is 37.6 Å². The Morgan fingerprint density at radius 2 is 1.81 bits per heavy atom. The lowest BCUT2D eigenvalue weighted by molar-refractivity contribution is 0.298. The second-order valence-corrected chi connectivity index (χ2v) is 5.85. The first-order valence-corrected chi connectivity index (χ1v) is 7.53. The fourth-order valence-corrected chi connectivity index (χ4v) is 1.92. The molecule has 0 unspecified atom stereocenters. The summed E-state index contributed by atoms with van der Waals surface area (Å²) in [4.78, 5) is 0. The Labute approximate surface area is 127 Å². The van der Waals surface area contributed by atoms with Gasteiger partial charge in [0, 0.05) is 24.8 Å². The summed E-state index contributed by atoms with van der Waals surface area (Å²) >= 11 is 0. The highest BCUT2D eigenvalue weighted by Gasteiger charge is 2.03. The van der Waals surface area contributed by atoms with Gasteiger partial charge in [0.05, 0.1) is 5.69 Å². The molecule has 1 aromatic heterocycles. The van der Waals surface area contributed by atoms with Crippen molar-refractivity contribution in [1.29, 1.82) is 0 Å². The average Bonchev–Trinajstić information content (AvgIpc) is 2.93. The number of benzene rings is 1. The van der Waals surface area contributed by atoms with E-state index in [4.69, 9.17) is 4.74 Å². The summed E-state index contributed by atoms with van der Waals surface area (Å²) in [5, 5.41) is 7.87. The fraction of sp³-hybridized carbons (Fsp3) is 0.471. The quantitative estimate of drug-likeness (QED) is 0.846. The maximum Gasteiger partial charge on any atom is 0.132 e. The second kappa shape index (κ2) is 7.27. The zero-order valence-electron chi connectivity index (χ0n) is 13.3. The summed E-state index contributed by atoms with van der Waals surface area (Å²) in [6.07, 6.45) is 1.99. The molecular weight excluding hydrogens is 262 g/mol. The molecule has 0 amide bonds. The van der Waals surface area contributed by atoms with E-state index in [1.54, 1.807) is 0 Å². The van der Waals surface area contributed by atoms with Crippen LogP contribution in [0.5, 0.6) is 5.75 Å². The van der Waals surface area contributed by atoms with Crippen molar-refractivity contribution in [1.82, 2.24) is 15.1 Å². The van der Waals surface area contributed by atoms with E-state index in [9.17, 15) is 0 Å². The minimum absolute atomic E-state index is 0.381. The molecule has 0 aliphatic carbocycles. The molecule has 0 aliphatic heterocycles. The normalized spacial score (nSPS) is 11.3. The highest BCUT2D eigenvalue weighted by atomic mass is 16.5. The molecule has 21 heavy (non-hydrogen) atoms. The minimum Gasteiger partial charge on any atom is -0.487 e. The van der Waals surface area contributed by atoms with Crippen LogP contribution in [0.2, 0.25) is 0 Å². The largest absolute Gasteiger partial charge is 0.487 e. The zero-order chi connectivity index (χ0) is 15.2. The lowest BCUT2D eigenvalue weighted by Gasteiger charge is -2.09. The van der Waals surface area contributed by atoms with Crippen molar-refractivity contribution in [3.63, 3.8) is 0 Å². The van der Waals surface area contributed by atoms with Gasteiger partial charge in [0.2, 0.25) is 0 Å². The molecular formula is C17H25N3O. The van der Waals surface area contributed by atoms with Gasteiger partial charge in [-0.1, -0.05) is 26.0 Å². The maximum atomic E-state index is 5.77. The van der Waals surface area contributed by atoms with Crippen LogP contribution in [-0.4, -0.2) is 15.8 Å². The number of nitrogens with zero attached hydrogens (tertiary/aromatic N) is 2. The summed E-state index contributed by atoms with van der Waals surface area (Å²) in [5.74, 6) is 0.877. The molecule has 0 spiro atoms. The van der Waals surface area contributed by atoms with Gasteiger partial charge in [-0.3, -0.25) is 4.68 Å². The molecule has 114 valence electrons. The molecule has 0 aliphatic rings. The van der Waals surface area contributed by atoms with Crippen molar-refractivity contribution in [2.45, 2.75) is 52.9 Å². The van der Waals surface area contributed by atoms with Crippen LogP contribution < -0.4 is 10.1 Å². The van der Waals surface area contributed by atoms with Crippen LogP contribution in [-0.2, 0) is 13.2 Å². The number of ether oxygens (including phenoxy) is 1. The van der Waals surface area contributed by atoms with E-state index in [0.717, 1.165) is 18.0 Å². The van der Waals surface area contributed by atoms with E-state index < -0.39 is 0 Å². The van der Waals surface area contributed by atoms with Crippen LogP contribution in [0.15, 0.2) is 36.5 Å². The van der Waals surface area contributed by atoms with Crippen molar-refractivity contribution in [2.24, 2.45) is 0 Å². The first kappa shape index (κ1) is 15.6. The first-order chi connectivity index (χ1) is 10.0. The lowest BCUT2D eigenvalue weighted by Crippen LogP contribution is -2.21. The number of hydrogen-bond acceptors (Lipinski definition) is 3. The Bertz CT molecular complexity index is 543. The van der Waals surface area contributed by atoms with Crippen LogP contribution in [0.1, 0.15) is 45.0 Å². The Balaban J connectivity index is 1.85. The third-order valence-corrected chi connectivity index (χ3v) is 3.22. The van der Waals surface area contributed by atoms with E-state index in [2.05, 4.69) is 50.2 Å². The monoisotopic (exact) mass is 287 g/mol. The number of nitrogens with one attached hydrogen (secondary N) is 1. The predicted octanol–water partition coefficient (Wildman–Crippen LogP) is 3.54. The third kappa shape index (κ3) is 4.90. The van der Waals surface area contributed by atoms with Crippen LogP contribution in [0.3, 0.4) is 0 Å². The van der Waals surface area contributed by atoms with Gasteiger partial charge in [-0.15, -0.1) is 0 Å². The Kier molecular flexibility index (Phi) is 5.39. The van der Waals surface area contributed by atoms with Crippen molar-refractivity contribution < 1.29 is 4.74 Å². The number of rotatable bonds is 7. The molecule has 1 aromatic carbocycles. The Morgan fingerprint density at radius 3 is 2.38 bits per heavy atom. The van der Waals surface area contributed by atoms with Crippen molar-refractivity contribution in [3.8, 4) is 5.75 Å². The fourth-order valence-electron chi connectivity index (χ4n) is 1.92. The van der Waals surface area contributed by atoms with Gasteiger partial charge in [0.25, 0.3) is 0 Å². The zero-order valence-corrected chi connectivity index (χ0v) is 13.3. The third-order valence-electron chi connectivity index (χ3n) is 3.22. The number of aromatic nitrogens is 2. The molecule has 4 nitrogen and oxygen atoms in total. The Morgan fingerprint density at radius 1 is 1.10 bits per heavy atom. The van der Waals surface area contributed by atoms with E-state index in [-0.39, 0.29) is 0 Å². The standard InChI is InChI=1S/C17H25N3O/c1-13(2)18-11-15-5-7-17(8-6-15)21-12-16-9-10-20(19-16)14(3)4/h5-10,13-14,18H,11-12H2,1-4H3. The summed E-state index contributed by atoms with van der Waals surface area (Å²) < 4.78 is 7.71. The maximum absolute atomic E-state index is 5.77. The van der Waals surface area contributed by atoms with Gasteiger partial charge in [0.15, 0.2) is 0 Å². The van der Waals surface area contributed by atoms with Gasteiger partial charge in [0.1, 0.15) is 12.4 Å². The lowest BCUT2D eigenvalue weighted by atomic mass is 10.2. The molecule has 0 bridgehead atoms. The van der Waals surface area contributed by atoms with Gasteiger partial charge >= 0.3 is 0 Å². The highest BCUT2D eigenvalue weighted by molar-refractivity contribution is 5.27. The molecule has 1 N–H and O–H groups in total. The summed E-state index contributed by atoms with van der Waals surface area (Å²) in [6.45, 7) is 9.91. The molecule has 0 saturated heterocycles. The van der Waals surface area contributed by atoms with Crippen LogP contribution in [0.4, 0.5) is 0 Å². The molecule has 1 heterocycles. The van der Waals surface area contributed by atoms with Crippen molar-refractivity contribution >= 4 is 0 Å². The van der Waals surface area contributed by atoms with Crippen molar-refractivity contribution in [3.05, 3.63) is 47.8 Å². The highest BCUT2D eigenvalue weighted by Crippen LogP contribution is 2.14. The van der Waals surface area contributed by atoms with Crippen LogP contribution in [0.25, 0.3) is 0 Å². The van der Waals surface area contributed by atoms with Crippen LogP contribution >= 0.6 is 0 Å². The average molecular weight is 287 g/mol. The van der Waals surface area contributed by atoms with E-state index >= 15 is 0 Å². The van der Waals surface area contributed by atoms with E-state index in [1.807, 2.05) is 29.1 Å². The first-order valence-electron chi connectivity index (χ1n) is 7.53. The molecule has 0 atom stereocenters. The Hall–Kier alpha value is -1.81. The summed E-state index contributed by atoms with van der Waals surface area (Å²) in [6, 6.07) is 11.1. The molecule has 0 radical (unpaired) electrons. The predicted molar refractivity (Wildman–Crippen MR) is 85.4 cm³/mol. The summed E-state index contributed by atoms with van der Waals surface area (Å²) in [5.41, 5.74) is 2.22. The second-order valence-electron chi connectivity index (χ2n) is 5.85. The van der Waals surface area contributed by atoms with Crippen molar-refractivity contribution in [2.75, 3.05) is 0 Å². The molecule has 0 fully saturated rings. The van der Waals surface area contributed by atoms with E-state index in [0.29, 0.717) is 18.7 Å². The molecule has 2 rings (SSSR count). The smallest absolute Gasteiger partial charge is 0.132 e. The van der Waals surface area contributed by atoms with Gasteiger partial charge in [-0.2, -0.15) is 5.10 Å². The minimum atomic E-state index is 0.381. The molecule has 0 saturated carbocycles. The summed E-state index contributed by atoms with van der Waals surface area (Å²) in [7, 11) is 0. The molecule has 2 aromatic rings. The SMILES string of the molecule is CC(C)NCc1ccc(OCc2ccn(C(C)C)n2)cc1.